The van der Waals surface area contributed by atoms with Crippen molar-refractivity contribution in [3.8, 4) is 0 Å². The maximum absolute atomic E-state index is 14.0. The van der Waals surface area contributed by atoms with Gasteiger partial charge in [0.15, 0.2) is 11.9 Å². The van der Waals surface area contributed by atoms with E-state index in [1.165, 1.54) is 24.3 Å². The van der Waals surface area contributed by atoms with Gasteiger partial charge in [0.2, 0.25) is 0 Å². The number of aliphatic hydroxyl groups is 1. The first kappa shape index (κ1) is 30.6. The summed E-state index contributed by atoms with van der Waals surface area (Å²) in [5.41, 5.74) is -1.99. The Balaban J connectivity index is 1.25. The van der Waals surface area contributed by atoms with Gasteiger partial charge in [-0.2, -0.15) is 0 Å². The number of ether oxygens (including phenoxy) is 4. The number of hydrogen-bond acceptors (Lipinski definition) is 10. The van der Waals surface area contributed by atoms with Gasteiger partial charge in [-0.3, -0.25) is 9.59 Å². The van der Waals surface area contributed by atoms with E-state index < -0.39 is 64.3 Å². The van der Waals surface area contributed by atoms with Crippen molar-refractivity contribution in [1.82, 2.24) is 0 Å². The van der Waals surface area contributed by atoms with Crippen molar-refractivity contribution in [2.24, 2.45) is 28.6 Å². The van der Waals surface area contributed by atoms with Crippen LogP contribution in [0, 0.1) is 28.6 Å². The third-order valence-corrected chi connectivity index (χ3v) is 13.3. The number of carbonyl (C=O) groups excluding carboxylic acids is 4. The molecule has 45 heavy (non-hydrogen) atoms. The quantitative estimate of drug-likeness (QED) is 0.208. The summed E-state index contributed by atoms with van der Waals surface area (Å²) in [5, 5.41) is 14.9. The largest absolute Gasteiger partial charge is 0.458 e. The average molecular weight is 637 g/mol. The molecule has 11 atom stereocenters. The maximum atomic E-state index is 14.0. The van der Waals surface area contributed by atoms with E-state index in [1.807, 2.05) is 39.2 Å². The number of epoxide rings is 1. The minimum Gasteiger partial charge on any atom is -0.458 e. The average Bonchev–Trinajstić information content (AvgIpc) is 3.35. The van der Waals surface area contributed by atoms with Crippen LogP contribution in [0.1, 0.15) is 76.9 Å². The SMILES string of the molecule is CC(=O)OC1C=C(C(C)C2CC(C)=C(C)C(=O)O2)C2(C)CCC3C(CC4OC45C(OC(=O)c4cccs4)C=CC(=O)C35C)C12O. The number of carbonyl (C=O) groups is 4. The van der Waals surface area contributed by atoms with E-state index in [1.54, 1.807) is 25.1 Å². The molecule has 2 aliphatic heterocycles. The van der Waals surface area contributed by atoms with Crippen LogP contribution in [0.3, 0.4) is 0 Å². The molecule has 6 aliphatic rings. The third kappa shape index (κ3) is 3.91. The predicted octanol–water partition coefficient (Wildman–Crippen LogP) is 4.88. The summed E-state index contributed by atoms with van der Waals surface area (Å²) in [5.74, 6) is -2.49. The van der Waals surface area contributed by atoms with Crippen LogP contribution in [0.15, 0.2) is 52.5 Å². The van der Waals surface area contributed by atoms with Gasteiger partial charge in [0.05, 0.1) is 11.5 Å². The fourth-order valence-electron chi connectivity index (χ4n) is 9.81. The normalized spacial score (nSPS) is 43.7. The lowest BCUT2D eigenvalue weighted by molar-refractivity contribution is -0.224. The number of ketones is 1. The van der Waals surface area contributed by atoms with Gasteiger partial charge in [-0.15, -0.1) is 11.3 Å². The predicted molar refractivity (Wildman–Crippen MR) is 163 cm³/mol. The fourth-order valence-corrected chi connectivity index (χ4v) is 10.4. The van der Waals surface area contributed by atoms with E-state index in [4.69, 9.17) is 18.9 Å². The first-order valence-electron chi connectivity index (χ1n) is 15.8. The van der Waals surface area contributed by atoms with Gasteiger partial charge in [-0.05, 0) is 81.5 Å². The van der Waals surface area contributed by atoms with Crippen molar-refractivity contribution < 1.29 is 43.2 Å². The highest BCUT2D eigenvalue weighted by Gasteiger charge is 2.83. The summed E-state index contributed by atoms with van der Waals surface area (Å²) in [6.45, 7) is 10.9. The molecular weight excluding hydrogens is 596 g/mol. The van der Waals surface area contributed by atoms with Gasteiger partial charge in [0.25, 0.3) is 0 Å². The van der Waals surface area contributed by atoms with E-state index in [0.29, 0.717) is 36.1 Å². The summed E-state index contributed by atoms with van der Waals surface area (Å²) in [4.78, 5) is 52.6. The third-order valence-electron chi connectivity index (χ3n) is 12.4. The molecule has 1 N–H and O–H groups in total. The van der Waals surface area contributed by atoms with E-state index in [0.717, 1.165) is 11.1 Å². The Morgan fingerprint density at radius 1 is 1.13 bits per heavy atom. The number of rotatable bonds is 5. The van der Waals surface area contributed by atoms with Gasteiger partial charge < -0.3 is 24.1 Å². The number of allylic oxidation sites excluding steroid dienone is 1. The van der Waals surface area contributed by atoms with E-state index in [2.05, 4.69) is 0 Å². The van der Waals surface area contributed by atoms with Gasteiger partial charge in [0.1, 0.15) is 28.3 Å². The zero-order chi connectivity index (χ0) is 32.3. The minimum atomic E-state index is -1.55. The molecule has 1 saturated heterocycles. The molecule has 0 aromatic carbocycles. The number of fused-ring (bicyclic) bond motifs is 4. The van der Waals surface area contributed by atoms with Gasteiger partial charge in [-0.1, -0.05) is 31.1 Å². The smallest absolute Gasteiger partial charge is 0.348 e. The molecule has 1 aromatic rings. The number of hydrogen-bond donors (Lipinski definition) is 1. The Morgan fingerprint density at radius 2 is 1.89 bits per heavy atom. The Bertz CT molecular complexity index is 1590. The lowest BCUT2D eigenvalue weighted by atomic mass is 9.42. The minimum absolute atomic E-state index is 0.120. The molecule has 9 nitrogen and oxygen atoms in total. The molecule has 4 aliphatic carbocycles. The van der Waals surface area contributed by atoms with Crippen molar-refractivity contribution in [2.75, 3.05) is 0 Å². The molecule has 3 fully saturated rings. The Kier molecular flexibility index (Phi) is 6.76. The van der Waals surface area contributed by atoms with Crippen molar-refractivity contribution >= 4 is 35.0 Å². The summed E-state index contributed by atoms with van der Waals surface area (Å²) < 4.78 is 24.2. The highest BCUT2D eigenvalue weighted by atomic mass is 32.1. The molecule has 1 aromatic heterocycles. The fraction of sp³-hybridized carbons (Fsp3) is 0.600. The molecule has 2 saturated carbocycles. The lowest BCUT2D eigenvalue weighted by Crippen LogP contribution is -2.70. The molecule has 11 unspecified atom stereocenters. The van der Waals surface area contributed by atoms with Gasteiger partial charge in [0, 0.05) is 30.3 Å². The Hall–Kier alpha value is -3.08. The topological polar surface area (TPSA) is 129 Å². The van der Waals surface area contributed by atoms with E-state index in [9.17, 15) is 24.3 Å². The van der Waals surface area contributed by atoms with Crippen LogP contribution in [0.2, 0.25) is 0 Å². The molecule has 1 spiro atoms. The molecule has 0 bridgehead atoms. The van der Waals surface area contributed by atoms with Gasteiger partial charge >= 0.3 is 17.9 Å². The first-order valence-corrected chi connectivity index (χ1v) is 16.7. The van der Waals surface area contributed by atoms with Crippen molar-refractivity contribution in [3.63, 3.8) is 0 Å². The second-order valence-corrected chi connectivity index (χ2v) is 15.2. The van der Waals surface area contributed by atoms with Crippen molar-refractivity contribution in [1.29, 1.82) is 0 Å². The van der Waals surface area contributed by atoms with Crippen LogP contribution >= 0.6 is 11.3 Å². The van der Waals surface area contributed by atoms with E-state index >= 15 is 0 Å². The van der Waals surface area contributed by atoms with E-state index in [-0.39, 0.29) is 23.6 Å². The molecule has 240 valence electrons. The summed E-state index contributed by atoms with van der Waals surface area (Å²) in [7, 11) is 0. The second kappa shape index (κ2) is 9.96. The van der Waals surface area contributed by atoms with Crippen molar-refractivity contribution in [2.45, 2.75) is 103 Å². The van der Waals surface area contributed by atoms with Crippen LogP contribution in [-0.4, -0.2) is 64.4 Å². The highest BCUT2D eigenvalue weighted by Crippen LogP contribution is 2.74. The number of thiophene rings is 1. The standard InChI is InChI=1S/C35H40O9S/c1-17-14-24(42-30(38)18(17)2)19(3)22-15-28(41-20(4)36)34(40)23-16-29-35(44-29)27(43-31(39)25-8-7-13-45-25)10-9-26(37)33(35,6)21(23)11-12-32(22,34)5/h7-10,13,15,19,21,23-24,27-29,40H,11-12,14,16H2,1-6H3. The lowest BCUT2D eigenvalue weighted by Gasteiger charge is -2.61. The summed E-state index contributed by atoms with van der Waals surface area (Å²) >= 11 is 1.29. The molecule has 0 amide bonds. The Morgan fingerprint density at radius 3 is 2.56 bits per heavy atom. The highest BCUT2D eigenvalue weighted by molar-refractivity contribution is 7.11. The summed E-state index contributed by atoms with van der Waals surface area (Å²) in [6.07, 6.45) is 4.53. The van der Waals surface area contributed by atoms with Crippen molar-refractivity contribution in [3.05, 3.63) is 57.3 Å². The zero-order valence-electron chi connectivity index (χ0n) is 26.5. The van der Waals surface area contributed by atoms with Crippen LogP contribution in [0.25, 0.3) is 0 Å². The molecule has 3 heterocycles. The zero-order valence-corrected chi connectivity index (χ0v) is 27.3. The Labute approximate surface area is 266 Å². The van der Waals surface area contributed by atoms with Crippen LogP contribution in [0.5, 0.6) is 0 Å². The first-order chi connectivity index (χ1) is 21.2. The molecule has 7 rings (SSSR count). The maximum Gasteiger partial charge on any atom is 0.348 e. The molecule has 10 heteroatoms. The van der Waals surface area contributed by atoms with Crippen LogP contribution in [-0.2, 0) is 33.3 Å². The monoisotopic (exact) mass is 636 g/mol. The van der Waals surface area contributed by atoms with Crippen LogP contribution < -0.4 is 0 Å². The number of esters is 3. The molecular formula is C35H40O9S. The molecule has 0 radical (unpaired) electrons. The second-order valence-electron chi connectivity index (χ2n) is 14.3. The van der Waals surface area contributed by atoms with Crippen LogP contribution in [0.4, 0.5) is 0 Å². The van der Waals surface area contributed by atoms with Gasteiger partial charge in [-0.25, -0.2) is 9.59 Å². The summed E-state index contributed by atoms with van der Waals surface area (Å²) in [6, 6.07) is 3.49. The number of cyclic esters (lactones) is 1.